The van der Waals surface area contributed by atoms with Crippen molar-refractivity contribution in [3.63, 3.8) is 0 Å². The summed E-state index contributed by atoms with van der Waals surface area (Å²) in [5.41, 5.74) is 4.42. The van der Waals surface area contributed by atoms with Crippen molar-refractivity contribution in [3.8, 4) is 0 Å². The summed E-state index contributed by atoms with van der Waals surface area (Å²) in [5.74, 6) is 1.43. The Morgan fingerprint density at radius 2 is 2.08 bits per heavy atom. The van der Waals surface area contributed by atoms with Crippen LogP contribution in [0.1, 0.15) is 41.7 Å². The molecule has 124 valence electrons. The first kappa shape index (κ1) is 15.3. The molecular formula is C19H23N5. The maximum atomic E-state index is 4.76. The molecule has 1 saturated heterocycles. The van der Waals surface area contributed by atoms with Crippen LogP contribution in [0.3, 0.4) is 0 Å². The van der Waals surface area contributed by atoms with Crippen molar-refractivity contribution < 1.29 is 0 Å². The number of aryl methyl sites for hydroxylation is 2. The Hall–Kier alpha value is -2.27. The molecule has 0 amide bonds. The summed E-state index contributed by atoms with van der Waals surface area (Å²) in [6.45, 7) is 7.07. The molecule has 1 atom stereocenters. The lowest BCUT2D eigenvalue weighted by molar-refractivity contribution is 0.194. The van der Waals surface area contributed by atoms with Crippen LogP contribution in [-0.2, 0) is 6.54 Å². The molecule has 1 aromatic carbocycles. The minimum atomic E-state index is 0.505. The third-order valence-corrected chi connectivity index (χ3v) is 4.85. The predicted molar refractivity (Wildman–Crippen MR) is 94.9 cm³/mol. The van der Waals surface area contributed by atoms with Crippen LogP contribution in [0.2, 0.25) is 0 Å². The Kier molecular flexibility index (Phi) is 4.02. The number of hydrogen-bond donors (Lipinski definition) is 1. The number of para-hydroxylation sites is 1. The molecule has 1 unspecified atom stereocenters. The lowest BCUT2D eigenvalue weighted by atomic mass is 9.94. The zero-order valence-electron chi connectivity index (χ0n) is 14.3. The smallest absolute Gasteiger partial charge is 0.143 e. The predicted octanol–water partition coefficient (Wildman–Crippen LogP) is 3.35. The van der Waals surface area contributed by atoms with Gasteiger partial charge in [0.05, 0.1) is 17.8 Å². The molecule has 5 heteroatoms. The van der Waals surface area contributed by atoms with Crippen LogP contribution in [-0.4, -0.2) is 38.2 Å². The number of piperidine rings is 1. The minimum Gasteiger partial charge on any atom is -0.295 e. The molecule has 1 N–H and O–H groups in total. The number of benzene rings is 1. The van der Waals surface area contributed by atoms with Gasteiger partial charge in [0.2, 0.25) is 0 Å². The number of nitrogens with one attached hydrogen (secondary N) is 1. The molecule has 0 spiro atoms. The number of aromatic amines is 1. The van der Waals surface area contributed by atoms with Crippen molar-refractivity contribution in [1.82, 2.24) is 25.1 Å². The molecule has 1 aliphatic rings. The van der Waals surface area contributed by atoms with E-state index < -0.39 is 0 Å². The van der Waals surface area contributed by atoms with Crippen LogP contribution in [0.5, 0.6) is 0 Å². The van der Waals surface area contributed by atoms with Crippen molar-refractivity contribution in [2.24, 2.45) is 0 Å². The standard InChI is InChI=1S/C19H23N5/c1-13-10-18(23-22-13)15-6-5-9-24(11-15)12-19-20-14(2)16-7-3-4-8-17(16)21-19/h3-4,7-8,10,15H,5-6,9,11-12H2,1-2H3,(H,22,23). The van der Waals surface area contributed by atoms with E-state index >= 15 is 0 Å². The molecular weight excluding hydrogens is 298 g/mol. The van der Waals surface area contributed by atoms with Crippen molar-refractivity contribution in [2.75, 3.05) is 13.1 Å². The second kappa shape index (κ2) is 6.32. The first-order valence-electron chi connectivity index (χ1n) is 8.65. The maximum absolute atomic E-state index is 4.76. The number of H-pyrrole nitrogens is 1. The Balaban J connectivity index is 1.52. The molecule has 5 nitrogen and oxygen atoms in total. The van der Waals surface area contributed by atoms with Crippen LogP contribution in [0, 0.1) is 13.8 Å². The average molecular weight is 321 g/mol. The highest BCUT2D eigenvalue weighted by molar-refractivity contribution is 5.80. The Morgan fingerprint density at radius 1 is 1.21 bits per heavy atom. The molecule has 24 heavy (non-hydrogen) atoms. The van der Waals surface area contributed by atoms with Crippen molar-refractivity contribution in [3.05, 3.63) is 53.2 Å². The molecule has 3 heterocycles. The first-order chi connectivity index (χ1) is 11.7. The summed E-state index contributed by atoms with van der Waals surface area (Å²) in [7, 11) is 0. The maximum Gasteiger partial charge on any atom is 0.143 e. The molecule has 0 aliphatic carbocycles. The van der Waals surface area contributed by atoms with E-state index in [0.29, 0.717) is 5.92 Å². The lowest BCUT2D eigenvalue weighted by Gasteiger charge is -2.31. The van der Waals surface area contributed by atoms with Crippen molar-refractivity contribution in [2.45, 2.75) is 39.2 Å². The van der Waals surface area contributed by atoms with Crippen LogP contribution in [0.4, 0.5) is 0 Å². The highest BCUT2D eigenvalue weighted by Crippen LogP contribution is 2.26. The fourth-order valence-corrected chi connectivity index (χ4v) is 3.65. The van der Waals surface area contributed by atoms with E-state index in [0.717, 1.165) is 47.7 Å². The second-order valence-corrected chi connectivity index (χ2v) is 6.79. The fourth-order valence-electron chi connectivity index (χ4n) is 3.65. The highest BCUT2D eigenvalue weighted by Gasteiger charge is 2.23. The summed E-state index contributed by atoms with van der Waals surface area (Å²) in [6, 6.07) is 10.4. The average Bonchev–Trinajstić information content (AvgIpc) is 3.02. The highest BCUT2D eigenvalue weighted by atomic mass is 15.2. The second-order valence-electron chi connectivity index (χ2n) is 6.79. The first-order valence-corrected chi connectivity index (χ1v) is 8.65. The number of aromatic nitrogens is 4. The Morgan fingerprint density at radius 3 is 2.92 bits per heavy atom. The monoisotopic (exact) mass is 321 g/mol. The summed E-state index contributed by atoms with van der Waals surface area (Å²) >= 11 is 0. The molecule has 3 aromatic rings. The largest absolute Gasteiger partial charge is 0.295 e. The Labute approximate surface area is 142 Å². The fraction of sp³-hybridized carbons (Fsp3) is 0.421. The van der Waals surface area contributed by atoms with Gasteiger partial charge < -0.3 is 0 Å². The summed E-state index contributed by atoms with van der Waals surface area (Å²) in [6.07, 6.45) is 2.40. The van der Waals surface area contributed by atoms with Crippen LogP contribution >= 0.6 is 0 Å². The van der Waals surface area contributed by atoms with Crippen LogP contribution in [0.25, 0.3) is 10.9 Å². The van der Waals surface area contributed by atoms with Crippen LogP contribution < -0.4 is 0 Å². The van der Waals surface area contributed by atoms with Crippen molar-refractivity contribution >= 4 is 10.9 Å². The number of likely N-dealkylation sites (tertiary alicyclic amines) is 1. The third-order valence-electron chi connectivity index (χ3n) is 4.85. The van der Waals surface area contributed by atoms with E-state index in [1.807, 2.05) is 12.1 Å². The lowest BCUT2D eigenvalue weighted by Crippen LogP contribution is -2.34. The number of hydrogen-bond acceptors (Lipinski definition) is 4. The van der Waals surface area contributed by atoms with E-state index in [4.69, 9.17) is 9.97 Å². The normalized spacial score (nSPS) is 19.0. The Bertz CT molecular complexity index is 854. The van der Waals surface area contributed by atoms with E-state index in [1.54, 1.807) is 0 Å². The number of rotatable bonds is 3. The van der Waals surface area contributed by atoms with E-state index in [9.17, 15) is 0 Å². The van der Waals surface area contributed by atoms with Gasteiger partial charge in [-0.15, -0.1) is 0 Å². The van der Waals surface area contributed by atoms with E-state index in [1.165, 1.54) is 18.5 Å². The van der Waals surface area contributed by atoms with Gasteiger partial charge in [-0.1, -0.05) is 18.2 Å². The van der Waals surface area contributed by atoms with E-state index in [2.05, 4.69) is 47.1 Å². The van der Waals surface area contributed by atoms with Gasteiger partial charge >= 0.3 is 0 Å². The summed E-state index contributed by atoms with van der Waals surface area (Å²) in [5, 5.41) is 8.66. The summed E-state index contributed by atoms with van der Waals surface area (Å²) < 4.78 is 0. The molecule has 2 aromatic heterocycles. The van der Waals surface area contributed by atoms with Gasteiger partial charge in [-0.2, -0.15) is 5.10 Å². The molecule has 4 rings (SSSR count). The van der Waals surface area contributed by atoms with Crippen molar-refractivity contribution in [1.29, 1.82) is 0 Å². The zero-order valence-corrected chi connectivity index (χ0v) is 14.3. The quantitative estimate of drug-likeness (QED) is 0.804. The number of fused-ring (bicyclic) bond motifs is 1. The molecule has 0 radical (unpaired) electrons. The SMILES string of the molecule is Cc1cc(C2CCCN(Cc3nc(C)c4ccccc4n3)C2)n[nH]1. The topological polar surface area (TPSA) is 57.7 Å². The van der Waals surface area contributed by atoms with Gasteiger partial charge in [-0.05, 0) is 45.4 Å². The zero-order chi connectivity index (χ0) is 16.5. The van der Waals surface area contributed by atoms with Gasteiger partial charge in [-0.3, -0.25) is 10.00 Å². The van der Waals surface area contributed by atoms with Gasteiger partial charge in [0.25, 0.3) is 0 Å². The third kappa shape index (κ3) is 3.04. The van der Waals surface area contributed by atoms with Gasteiger partial charge in [0.1, 0.15) is 5.82 Å². The van der Waals surface area contributed by atoms with E-state index in [-0.39, 0.29) is 0 Å². The van der Waals surface area contributed by atoms with Crippen LogP contribution in [0.15, 0.2) is 30.3 Å². The van der Waals surface area contributed by atoms with Gasteiger partial charge in [0.15, 0.2) is 0 Å². The van der Waals surface area contributed by atoms with Gasteiger partial charge in [0, 0.05) is 29.2 Å². The number of nitrogens with zero attached hydrogens (tertiary/aromatic N) is 4. The minimum absolute atomic E-state index is 0.505. The molecule has 0 bridgehead atoms. The molecule has 1 fully saturated rings. The molecule has 1 aliphatic heterocycles. The van der Waals surface area contributed by atoms with Gasteiger partial charge in [-0.25, -0.2) is 9.97 Å². The summed E-state index contributed by atoms with van der Waals surface area (Å²) in [4.78, 5) is 11.9. The molecule has 0 saturated carbocycles.